The molecule has 7 nitrogen and oxygen atoms in total. The molecule has 1 aromatic heterocycles. The van der Waals surface area contributed by atoms with Crippen LogP contribution in [0.5, 0.6) is 11.5 Å². The van der Waals surface area contributed by atoms with E-state index in [1.165, 1.54) is 0 Å². The summed E-state index contributed by atoms with van der Waals surface area (Å²) in [6.45, 7) is 3.91. The molecule has 0 unspecified atom stereocenters. The van der Waals surface area contributed by atoms with Crippen molar-refractivity contribution in [2.45, 2.75) is 13.8 Å². The number of nitrogens with one attached hydrogen (secondary N) is 2. The van der Waals surface area contributed by atoms with Crippen molar-refractivity contribution in [3.8, 4) is 11.5 Å². The summed E-state index contributed by atoms with van der Waals surface area (Å²) in [6, 6.07) is 12.3. The summed E-state index contributed by atoms with van der Waals surface area (Å²) in [5.74, 6) is 1.24. The van der Waals surface area contributed by atoms with Crippen molar-refractivity contribution in [3.05, 3.63) is 64.4 Å². The molecular formula is C20H17ClN4O3. The Bertz CT molecular complexity index is 1070. The Morgan fingerprint density at radius 2 is 1.86 bits per heavy atom. The second-order valence-electron chi connectivity index (χ2n) is 6.32. The van der Waals surface area contributed by atoms with Gasteiger partial charge in [0.05, 0.1) is 0 Å². The van der Waals surface area contributed by atoms with Crippen LogP contribution in [0.4, 0.5) is 17.3 Å². The second kappa shape index (κ2) is 7.36. The van der Waals surface area contributed by atoms with Gasteiger partial charge in [0.25, 0.3) is 5.91 Å². The zero-order valence-electron chi connectivity index (χ0n) is 15.2. The number of carbonyl (C=O) groups is 1. The summed E-state index contributed by atoms with van der Waals surface area (Å²) in [7, 11) is 0. The number of benzene rings is 2. The van der Waals surface area contributed by atoms with E-state index in [9.17, 15) is 4.79 Å². The average Bonchev–Trinajstić information content (AvgIpc) is 3.11. The molecule has 1 amide bonds. The van der Waals surface area contributed by atoms with Gasteiger partial charge in [0, 0.05) is 28.2 Å². The number of hydrogen-bond acceptors (Lipinski definition) is 6. The first-order valence-electron chi connectivity index (χ1n) is 8.58. The third kappa shape index (κ3) is 3.84. The molecule has 3 aromatic rings. The van der Waals surface area contributed by atoms with Crippen LogP contribution in [0.3, 0.4) is 0 Å². The molecule has 0 atom stereocenters. The minimum absolute atomic E-state index is 0.178. The predicted molar refractivity (Wildman–Crippen MR) is 107 cm³/mol. The molecule has 2 N–H and O–H groups in total. The quantitative estimate of drug-likeness (QED) is 0.676. The molecule has 0 bridgehead atoms. The fourth-order valence-corrected chi connectivity index (χ4v) is 3.02. The van der Waals surface area contributed by atoms with Crippen molar-refractivity contribution < 1.29 is 14.3 Å². The van der Waals surface area contributed by atoms with Gasteiger partial charge in [-0.25, -0.2) is 9.97 Å². The summed E-state index contributed by atoms with van der Waals surface area (Å²) in [5.41, 5.74) is 3.27. The topological polar surface area (TPSA) is 85.4 Å². The molecule has 8 heteroatoms. The Labute approximate surface area is 166 Å². The number of aryl methyl sites for hydroxylation is 2. The highest BCUT2D eigenvalue weighted by atomic mass is 35.5. The number of carbonyl (C=O) groups excluding carboxylic acids is 1. The molecule has 1 aliphatic heterocycles. The molecule has 0 spiro atoms. The maximum absolute atomic E-state index is 12.7. The van der Waals surface area contributed by atoms with Gasteiger partial charge in [-0.05, 0) is 55.8 Å². The summed E-state index contributed by atoms with van der Waals surface area (Å²) in [6.07, 6.45) is 0. The van der Waals surface area contributed by atoms with Gasteiger partial charge in [-0.15, -0.1) is 0 Å². The molecule has 2 heterocycles. The molecule has 28 heavy (non-hydrogen) atoms. The minimum Gasteiger partial charge on any atom is -0.454 e. The molecular weight excluding hydrogens is 380 g/mol. The highest BCUT2D eigenvalue weighted by Gasteiger charge is 2.16. The Kier molecular flexibility index (Phi) is 4.75. The van der Waals surface area contributed by atoms with Crippen LogP contribution in [0.15, 0.2) is 42.5 Å². The number of rotatable bonds is 4. The zero-order valence-corrected chi connectivity index (χ0v) is 16.0. The summed E-state index contributed by atoms with van der Waals surface area (Å²) in [5, 5.41) is 6.60. The number of halogens is 1. The largest absolute Gasteiger partial charge is 0.454 e. The average molecular weight is 397 g/mol. The fraction of sp³-hybridized carbons (Fsp3) is 0.150. The van der Waals surface area contributed by atoms with Crippen molar-refractivity contribution in [1.29, 1.82) is 0 Å². The van der Waals surface area contributed by atoms with Gasteiger partial charge >= 0.3 is 0 Å². The number of hydrogen-bond donors (Lipinski definition) is 2. The number of fused-ring (bicyclic) bond motifs is 1. The smallest absolute Gasteiger partial charge is 0.274 e. The molecule has 142 valence electrons. The lowest BCUT2D eigenvalue weighted by Crippen LogP contribution is -2.15. The van der Waals surface area contributed by atoms with Crippen molar-refractivity contribution in [2.24, 2.45) is 0 Å². The van der Waals surface area contributed by atoms with Crippen molar-refractivity contribution in [1.82, 2.24) is 9.97 Å². The van der Waals surface area contributed by atoms with E-state index >= 15 is 0 Å². The van der Waals surface area contributed by atoms with Gasteiger partial charge in [-0.1, -0.05) is 11.6 Å². The van der Waals surface area contributed by atoms with Crippen LogP contribution in [0.25, 0.3) is 0 Å². The van der Waals surface area contributed by atoms with Crippen LogP contribution < -0.4 is 20.1 Å². The molecule has 0 fully saturated rings. The lowest BCUT2D eigenvalue weighted by Gasteiger charge is -2.11. The maximum atomic E-state index is 12.7. The standard InChI is InChI=1S/C20H17ClN4O3/c1-11-7-13(21)3-5-15(11)24-20-22-12(2)8-16(25-20)19(26)23-14-4-6-17-18(9-14)28-10-27-17/h3-9H,10H2,1-2H3,(H,23,26)(H,22,24,25). The van der Waals surface area contributed by atoms with E-state index in [1.54, 1.807) is 37.3 Å². The van der Waals surface area contributed by atoms with Crippen LogP contribution in [0.2, 0.25) is 5.02 Å². The lowest BCUT2D eigenvalue weighted by atomic mass is 10.2. The van der Waals surface area contributed by atoms with Crippen molar-refractivity contribution >= 4 is 34.8 Å². The van der Waals surface area contributed by atoms with E-state index in [0.717, 1.165) is 11.3 Å². The lowest BCUT2D eigenvalue weighted by molar-refractivity contribution is 0.102. The predicted octanol–water partition coefficient (Wildman–Crippen LogP) is 4.47. The SMILES string of the molecule is Cc1cc(C(=O)Nc2ccc3c(c2)OCO3)nc(Nc2ccc(Cl)cc2C)n1. The van der Waals surface area contributed by atoms with Gasteiger partial charge in [0.1, 0.15) is 5.69 Å². The van der Waals surface area contributed by atoms with Crippen LogP contribution in [0.1, 0.15) is 21.7 Å². The monoisotopic (exact) mass is 396 g/mol. The highest BCUT2D eigenvalue weighted by molar-refractivity contribution is 6.30. The van der Waals surface area contributed by atoms with E-state index in [-0.39, 0.29) is 18.4 Å². The first kappa shape index (κ1) is 18.1. The molecule has 0 aliphatic carbocycles. The van der Waals surface area contributed by atoms with E-state index in [4.69, 9.17) is 21.1 Å². The molecule has 0 radical (unpaired) electrons. The molecule has 0 saturated heterocycles. The molecule has 2 aromatic carbocycles. The van der Waals surface area contributed by atoms with Crippen molar-refractivity contribution in [2.75, 3.05) is 17.4 Å². The third-order valence-corrected chi connectivity index (χ3v) is 4.39. The Hall–Kier alpha value is -3.32. The van der Waals surface area contributed by atoms with E-state index in [2.05, 4.69) is 20.6 Å². The highest BCUT2D eigenvalue weighted by Crippen LogP contribution is 2.34. The van der Waals surface area contributed by atoms with Crippen LogP contribution in [-0.2, 0) is 0 Å². The van der Waals surface area contributed by atoms with Crippen molar-refractivity contribution in [3.63, 3.8) is 0 Å². The van der Waals surface area contributed by atoms with Gasteiger partial charge in [0.15, 0.2) is 11.5 Å². The fourth-order valence-electron chi connectivity index (χ4n) is 2.80. The first-order chi connectivity index (χ1) is 13.5. The summed E-state index contributed by atoms with van der Waals surface area (Å²) >= 11 is 6.00. The Balaban J connectivity index is 1.55. The Morgan fingerprint density at radius 3 is 2.68 bits per heavy atom. The van der Waals surface area contributed by atoms with E-state index in [0.29, 0.717) is 33.9 Å². The van der Waals surface area contributed by atoms with Crippen LogP contribution >= 0.6 is 11.6 Å². The van der Waals surface area contributed by atoms with Gasteiger partial charge in [-0.2, -0.15) is 0 Å². The van der Waals surface area contributed by atoms with Gasteiger partial charge in [-0.3, -0.25) is 4.79 Å². The third-order valence-electron chi connectivity index (χ3n) is 4.15. The molecule has 4 rings (SSSR count). The number of nitrogens with zero attached hydrogens (tertiary/aromatic N) is 2. The van der Waals surface area contributed by atoms with Crippen LogP contribution in [0, 0.1) is 13.8 Å². The molecule has 1 aliphatic rings. The van der Waals surface area contributed by atoms with E-state index in [1.807, 2.05) is 19.1 Å². The van der Waals surface area contributed by atoms with Gasteiger partial charge < -0.3 is 20.1 Å². The number of amides is 1. The Morgan fingerprint density at radius 1 is 1.04 bits per heavy atom. The number of ether oxygens (including phenoxy) is 2. The maximum Gasteiger partial charge on any atom is 0.274 e. The second-order valence-corrected chi connectivity index (χ2v) is 6.76. The zero-order chi connectivity index (χ0) is 19.7. The molecule has 0 saturated carbocycles. The van der Waals surface area contributed by atoms with E-state index < -0.39 is 0 Å². The summed E-state index contributed by atoms with van der Waals surface area (Å²) in [4.78, 5) is 21.4. The summed E-state index contributed by atoms with van der Waals surface area (Å²) < 4.78 is 10.6. The number of anilines is 3. The minimum atomic E-state index is -0.347. The van der Waals surface area contributed by atoms with Crippen LogP contribution in [-0.4, -0.2) is 22.7 Å². The number of aromatic nitrogens is 2. The normalized spacial score (nSPS) is 12.0. The first-order valence-corrected chi connectivity index (χ1v) is 8.95. The van der Waals surface area contributed by atoms with Gasteiger partial charge in [0.2, 0.25) is 12.7 Å².